The lowest BCUT2D eigenvalue weighted by molar-refractivity contribution is -0.137. The molecule has 0 fully saturated rings. The molecule has 0 radical (unpaired) electrons. The van der Waals surface area contributed by atoms with E-state index in [9.17, 15) is 31.4 Å². The lowest BCUT2D eigenvalue weighted by Gasteiger charge is -2.28. The van der Waals surface area contributed by atoms with Gasteiger partial charge in [0.05, 0.1) is 22.2 Å². The number of rotatable bonds is 6. The molecular weight excluding hydrogens is 735 g/mol. The minimum Gasteiger partial charge on any atom is -0.381 e. The van der Waals surface area contributed by atoms with E-state index in [1.165, 1.54) is 24.5 Å². The van der Waals surface area contributed by atoms with Gasteiger partial charge in [-0.1, -0.05) is 152 Å². The number of aromatic nitrogens is 2. The topological polar surface area (TPSA) is 46.0 Å². The smallest absolute Gasteiger partial charge is 0.381 e. The van der Waals surface area contributed by atoms with Gasteiger partial charge in [0.25, 0.3) is 0 Å². The van der Waals surface area contributed by atoms with Crippen molar-refractivity contribution < 1.29 is 31.4 Å². The quantitative estimate of drug-likeness (QED) is 0.171. The van der Waals surface area contributed by atoms with Crippen LogP contribution in [0.4, 0.5) is 26.3 Å². The second-order valence-corrected chi connectivity index (χ2v) is 13.5. The Morgan fingerprint density at radius 3 is 1.40 bits per heavy atom. The van der Waals surface area contributed by atoms with Gasteiger partial charge in [-0.15, -0.1) is 0 Å². The van der Waals surface area contributed by atoms with Crippen molar-refractivity contribution in [2.75, 3.05) is 0 Å². The zero-order chi connectivity index (χ0) is 40.4. The minimum atomic E-state index is -4.52. The first kappa shape index (κ1) is 38.7. The molecular formula is C48H34F6N2O. The van der Waals surface area contributed by atoms with Crippen LogP contribution in [0.5, 0.6) is 0 Å². The van der Waals surface area contributed by atoms with Gasteiger partial charge in [-0.3, -0.25) is 9.97 Å². The van der Waals surface area contributed by atoms with Crippen molar-refractivity contribution >= 4 is 27.4 Å². The van der Waals surface area contributed by atoms with E-state index in [0.29, 0.717) is 49.7 Å². The molecule has 0 aliphatic heterocycles. The van der Waals surface area contributed by atoms with E-state index in [1.807, 2.05) is 109 Å². The van der Waals surface area contributed by atoms with Gasteiger partial charge in [0.15, 0.2) is 0 Å². The highest BCUT2D eigenvalue weighted by Gasteiger charge is 2.36. The summed E-state index contributed by atoms with van der Waals surface area (Å²) in [6.07, 6.45) is -6.15. The molecule has 1 unspecified atom stereocenters. The Balaban J connectivity index is 0.000000174. The first-order valence-electron chi connectivity index (χ1n) is 17.9. The summed E-state index contributed by atoms with van der Waals surface area (Å²) in [6.45, 7) is 5.83. The molecule has 0 bridgehead atoms. The third kappa shape index (κ3) is 7.79. The molecule has 0 saturated carbocycles. The summed E-state index contributed by atoms with van der Waals surface area (Å²) >= 11 is 0. The number of pyridine rings is 2. The predicted molar refractivity (Wildman–Crippen MR) is 214 cm³/mol. The number of aliphatic hydroxyl groups is 1. The number of hydrogen-bond donors (Lipinski definition) is 1. The lowest BCUT2D eigenvalue weighted by atomic mass is 9.82. The molecule has 2 aromatic heterocycles. The van der Waals surface area contributed by atoms with E-state index in [4.69, 9.17) is 0 Å². The molecule has 284 valence electrons. The number of alkyl halides is 6. The van der Waals surface area contributed by atoms with Crippen molar-refractivity contribution in [3.05, 3.63) is 210 Å². The molecule has 8 rings (SSSR count). The third-order valence-electron chi connectivity index (χ3n) is 9.84. The van der Waals surface area contributed by atoms with Crippen molar-refractivity contribution in [3.63, 3.8) is 0 Å². The SMILES string of the molecule is C=C(c1ccccc1)c1cnc2c(C(F)(F)F)cccc2c1-c1ccccc1.CC(O)(c1ccccc1)c1cnc2c(C(F)(F)F)cccc2c1-c1ccccc1. The summed E-state index contributed by atoms with van der Waals surface area (Å²) in [4.78, 5) is 8.35. The minimum absolute atomic E-state index is 0.0570. The maximum Gasteiger partial charge on any atom is 0.418 e. The standard InChI is InChI=1S/C24H18F3NO.C24H16F3N/c1-23(29,17-11-6-3-7-12-17)20-15-28-22-18(13-8-14-19(22)24(25,26)27)21(20)16-9-4-2-5-10-16;1-16(17-9-4-2-5-10-17)20-15-28-23-19(13-8-14-21(23)24(25,26)27)22(20)18-11-6-3-7-12-18/h2-15,29H,1H3;2-15H,1H2. The van der Waals surface area contributed by atoms with Crippen molar-refractivity contribution in [2.45, 2.75) is 24.9 Å². The van der Waals surface area contributed by atoms with Crippen LogP contribution in [-0.2, 0) is 18.0 Å². The largest absolute Gasteiger partial charge is 0.418 e. The summed E-state index contributed by atoms with van der Waals surface area (Å²) in [5.41, 5.74) is 3.01. The van der Waals surface area contributed by atoms with Gasteiger partial charge in [0.2, 0.25) is 0 Å². The molecule has 57 heavy (non-hydrogen) atoms. The van der Waals surface area contributed by atoms with Gasteiger partial charge >= 0.3 is 12.4 Å². The Morgan fingerprint density at radius 1 is 0.491 bits per heavy atom. The van der Waals surface area contributed by atoms with Gasteiger partial charge in [-0.2, -0.15) is 26.3 Å². The van der Waals surface area contributed by atoms with Crippen LogP contribution >= 0.6 is 0 Å². The summed E-state index contributed by atoms with van der Waals surface area (Å²) in [6, 6.07) is 45.3. The molecule has 0 spiro atoms. The molecule has 9 heteroatoms. The number of halogens is 6. The van der Waals surface area contributed by atoms with Crippen LogP contribution < -0.4 is 0 Å². The summed E-state index contributed by atoms with van der Waals surface area (Å²) in [5.74, 6) is 0. The van der Waals surface area contributed by atoms with E-state index in [-0.39, 0.29) is 11.0 Å². The highest BCUT2D eigenvalue weighted by Crippen LogP contribution is 2.44. The fraction of sp³-hybridized carbons (Fsp3) is 0.0833. The fourth-order valence-corrected chi connectivity index (χ4v) is 7.05. The van der Waals surface area contributed by atoms with Gasteiger partial charge in [0, 0.05) is 39.9 Å². The molecule has 0 amide bonds. The zero-order valence-corrected chi connectivity index (χ0v) is 30.5. The van der Waals surface area contributed by atoms with Crippen LogP contribution in [0.3, 0.4) is 0 Å². The van der Waals surface area contributed by atoms with Crippen LogP contribution in [0, 0.1) is 0 Å². The Hall–Kier alpha value is -6.58. The van der Waals surface area contributed by atoms with Gasteiger partial charge in [-0.05, 0) is 52.4 Å². The van der Waals surface area contributed by atoms with Crippen molar-refractivity contribution in [1.29, 1.82) is 0 Å². The highest BCUT2D eigenvalue weighted by molar-refractivity contribution is 6.03. The number of hydrogen-bond acceptors (Lipinski definition) is 3. The van der Waals surface area contributed by atoms with Gasteiger partial charge in [0.1, 0.15) is 5.60 Å². The Bertz CT molecular complexity index is 2680. The number of para-hydroxylation sites is 2. The van der Waals surface area contributed by atoms with Crippen molar-refractivity contribution in [3.8, 4) is 22.3 Å². The van der Waals surface area contributed by atoms with Crippen LogP contribution in [0.15, 0.2) is 177 Å². The fourth-order valence-electron chi connectivity index (χ4n) is 7.05. The maximum atomic E-state index is 13.6. The van der Waals surface area contributed by atoms with E-state index >= 15 is 0 Å². The predicted octanol–water partition coefficient (Wildman–Crippen LogP) is 13.2. The van der Waals surface area contributed by atoms with E-state index in [1.54, 1.807) is 31.2 Å². The molecule has 0 aliphatic rings. The van der Waals surface area contributed by atoms with Crippen LogP contribution in [0.25, 0.3) is 49.6 Å². The van der Waals surface area contributed by atoms with E-state index < -0.39 is 29.1 Å². The molecule has 8 aromatic rings. The van der Waals surface area contributed by atoms with E-state index in [2.05, 4.69) is 16.5 Å². The molecule has 1 atom stereocenters. The first-order chi connectivity index (χ1) is 27.3. The Morgan fingerprint density at radius 2 is 0.912 bits per heavy atom. The van der Waals surface area contributed by atoms with Crippen LogP contribution in [0.2, 0.25) is 0 Å². The van der Waals surface area contributed by atoms with Crippen molar-refractivity contribution in [2.24, 2.45) is 0 Å². The Kier molecular flexibility index (Phi) is 10.5. The maximum absolute atomic E-state index is 13.6. The first-order valence-corrected chi connectivity index (χ1v) is 17.9. The molecule has 0 aliphatic carbocycles. The van der Waals surface area contributed by atoms with Crippen LogP contribution in [0.1, 0.15) is 40.3 Å². The monoisotopic (exact) mass is 768 g/mol. The lowest BCUT2D eigenvalue weighted by Crippen LogP contribution is -2.24. The highest BCUT2D eigenvalue weighted by atomic mass is 19.4. The molecule has 1 N–H and O–H groups in total. The van der Waals surface area contributed by atoms with E-state index in [0.717, 1.165) is 23.3 Å². The zero-order valence-electron chi connectivity index (χ0n) is 30.5. The summed E-state index contributed by atoms with van der Waals surface area (Å²) in [5, 5.41) is 12.2. The number of fused-ring (bicyclic) bond motifs is 2. The molecule has 2 heterocycles. The normalized spacial score (nSPS) is 12.8. The van der Waals surface area contributed by atoms with Gasteiger partial charge < -0.3 is 5.11 Å². The average molecular weight is 769 g/mol. The van der Waals surface area contributed by atoms with Gasteiger partial charge in [-0.25, -0.2) is 0 Å². The second-order valence-electron chi connectivity index (χ2n) is 13.5. The van der Waals surface area contributed by atoms with Crippen molar-refractivity contribution in [1.82, 2.24) is 9.97 Å². The second kappa shape index (κ2) is 15.5. The molecule has 0 saturated heterocycles. The Labute approximate surface area is 325 Å². The number of nitrogens with zero attached hydrogens (tertiary/aromatic N) is 2. The molecule has 3 nitrogen and oxygen atoms in total. The third-order valence-corrected chi connectivity index (χ3v) is 9.84. The number of benzene rings is 6. The summed E-state index contributed by atoms with van der Waals surface area (Å²) in [7, 11) is 0. The summed E-state index contributed by atoms with van der Waals surface area (Å²) < 4.78 is 81.2. The van der Waals surface area contributed by atoms with Crippen LogP contribution in [-0.4, -0.2) is 15.1 Å². The average Bonchev–Trinajstić information content (AvgIpc) is 3.23. The molecule has 6 aromatic carbocycles.